The number of hydrogen-bond acceptors (Lipinski definition) is 5. The number of hydrazone groups is 1. The molecule has 0 aliphatic carbocycles. The van der Waals surface area contributed by atoms with Gasteiger partial charge in [-0.2, -0.15) is 13.5 Å². The fourth-order valence-electron chi connectivity index (χ4n) is 2.53. The molecule has 0 radical (unpaired) electrons. The Labute approximate surface area is 150 Å². The molecular weight excluding hydrogens is 354 g/mol. The van der Waals surface area contributed by atoms with Gasteiger partial charge in [-0.3, -0.25) is 10.1 Å². The first kappa shape index (κ1) is 17.6. The summed E-state index contributed by atoms with van der Waals surface area (Å²) in [5.41, 5.74) is 0.875. The molecular formula is C18H15N3O4S. The lowest BCUT2D eigenvalue weighted by Crippen LogP contribution is -2.18. The lowest BCUT2D eigenvalue weighted by Gasteiger charge is -2.05. The van der Waals surface area contributed by atoms with E-state index in [1.165, 1.54) is 18.3 Å². The minimum absolute atomic E-state index is 0.218. The molecule has 0 atom stereocenters. The quantitative estimate of drug-likeness (QED) is 0.423. The van der Waals surface area contributed by atoms with Gasteiger partial charge in [-0.15, -0.1) is 0 Å². The van der Waals surface area contributed by atoms with Crippen LogP contribution in [-0.2, 0) is 10.0 Å². The van der Waals surface area contributed by atoms with Crippen molar-refractivity contribution in [2.75, 3.05) is 0 Å². The molecule has 0 aliphatic heterocycles. The third-order valence-corrected chi connectivity index (χ3v) is 5.11. The number of nitro benzene ring substituents is 1. The third kappa shape index (κ3) is 3.55. The molecule has 3 aromatic carbocycles. The molecule has 8 heteroatoms. The number of nitro groups is 1. The van der Waals surface area contributed by atoms with Crippen molar-refractivity contribution in [1.82, 2.24) is 4.83 Å². The van der Waals surface area contributed by atoms with Gasteiger partial charge in [0.25, 0.3) is 15.7 Å². The molecule has 0 amide bonds. The van der Waals surface area contributed by atoms with Gasteiger partial charge in [0.1, 0.15) is 0 Å². The van der Waals surface area contributed by atoms with Crippen molar-refractivity contribution in [2.24, 2.45) is 5.10 Å². The zero-order valence-corrected chi connectivity index (χ0v) is 14.6. The molecule has 132 valence electrons. The van der Waals surface area contributed by atoms with Gasteiger partial charge in [0.05, 0.1) is 16.0 Å². The molecule has 3 aromatic rings. The Kier molecular flexibility index (Phi) is 4.68. The predicted octanol–water partition coefficient (Wildman–Crippen LogP) is 3.37. The highest BCUT2D eigenvalue weighted by atomic mass is 32.2. The van der Waals surface area contributed by atoms with Gasteiger partial charge >= 0.3 is 0 Å². The summed E-state index contributed by atoms with van der Waals surface area (Å²) in [4.78, 5) is 12.2. The summed E-state index contributed by atoms with van der Waals surface area (Å²) >= 11 is 0. The molecule has 0 unspecified atom stereocenters. The van der Waals surface area contributed by atoms with Gasteiger partial charge in [-0.1, -0.05) is 48.5 Å². The van der Waals surface area contributed by atoms with E-state index in [1.807, 2.05) is 42.5 Å². The van der Waals surface area contributed by atoms with Crippen molar-refractivity contribution >= 4 is 32.7 Å². The van der Waals surface area contributed by atoms with E-state index in [-0.39, 0.29) is 10.6 Å². The predicted molar refractivity (Wildman–Crippen MR) is 99.7 cm³/mol. The summed E-state index contributed by atoms with van der Waals surface area (Å²) < 4.78 is 24.6. The Hall–Kier alpha value is -3.26. The van der Waals surface area contributed by atoms with E-state index in [4.69, 9.17) is 0 Å². The molecule has 0 fully saturated rings. The maximum atomic E-state index is 12.3. The SMILES string of the molecule is Cc1ccc(S(=O)(=O)N/N=C/c2cccc3ccccc23)cc1[N+](=O)[O-]. The Morgan fingerprint density at radius 1 is 1.08 bits per heavy atom. The highest BCUT2D eigenvalue weighted by Crippen LogP contribution is 2.22. The first-order chi connectivity index (χ1) is 12.4. The maximum Gasteiger partial charge on any atom is 0.276 e. The van der Waals surface area contributed by atoms with E-state index in [1.54, 1.807) is 6.92 Å². The largest absolute Gasteiger partial charge is 0.276 e. The van der Waals surface area contributed by atoms with Gasteiger partial charge in [0.15, 0.2) is 0 Å². The van der Waals surface area contributed by atoms with Crippen molar-refractivity contribution in [3.05, 3.63) is 81.9 Å². The number of aryl methyl sites for hydroxylation is 1. The van der Waals surface area contributed by atoms with Crippen molar-refractivity contribution < 1.29 is 13.3 Å². The average Bonchev–Trinajstić information content (AvgIpc) is 2.61. The highest BCUT2D eigenvalue weighted by Gasteiger charge is 2.19. The smallest absolute Gasteiger partial charge is 0.258 e. The van der Waals surface area contributed by atoms with E-state index in [0.29, 0.717) is 5.56 Å². The van der Waals surface area contributed by atoms with Gasteiger partial charge < -0.3 is 0 Å². The molecule has 7 nitrogen and oxygen atoms in total. The second kappa shape index (κ2) is 6.93. The van der Waals surface area contributed by atoms with Gasteiger partial charge in [0, 0.05) is 17.2 Å². The summed E-state index contributed by atoms with van der Waals surface area (Å²) in [6, 6.07) is 17.0. The lowest BCUT2D eigenvalue weighted by molar-refractivity contribution is -0.385. The topological polar surface area (TPSA) is 102 Å². The van der Waals surface area contributed by atoms with Crippen molar-refractivity contribution in [1.29, 1.82) is 0 Å². The standard InChI is InChI=1S/C18H15N3O4S/c1-13-9-10-16(11-18(13)21(22)23)26(24,25)20-19-12-15-7-4-6-14-5-2-3-8-17(14)15/h2-12,20H,1H3/b19-12+. The van der Waals surface area contributed by atoms with Crippen LogP contribution in [0, 0.1) is 17.0 Å². The molecule has 26 heavy (non-hydrogen) atoms. The number of benzene rings is 3. The molecule has 1 N–H and O–H groups in total. The van der Waals surface area contributed by atoms with E-state index in [0.717, 1.165) is 22.4 Å². The van der Waals surface area contributed by atoms with Gasteiger partial charge in [0.2, 0.25) is 0 Å². The van der Waals surface area contributed by atoms with Crippen LogP contribution in [0.1, 0.15) is 11.1 Å². The fraction of sp³-hybridized carbons (Fsp3) is 0.0556. The summed E-state index contributed by atoms with van der Waals surface area (Å²) in [7, 11) is -4.01. The lowest BCUT2D eigenvalue weighted by atomic mass is 10.1. The van der Waals surface area contributed by atoms with Crippen LogP contribution in [0.25, 0.3) is 10.8 Å². The van der Waals surface area contributed by atoms with Crippen LogP contribution >= 0.6 is 0 Å². The van der Waals surface area contributed by atoms with E-state index < -0.39 is 14.9 Å². The Bertz CT molecular complexity index is 1120. The second-order valence-corrected chi connectivity index (χ2v) is 7.29. The number of sulfonamides is 1. The number of rotatable bonds is 5. The van der Waals surface area contributed by atoms with Crippen molar-refractivity contribution in [3.63, 3.8) is 0 Å². The number of fused-ring (bicyclic) bond motifs is 1. The first-order valence-electron chi connectivity index (χ1n) is 7.66. The van der Waals surface area contributed by atoms with Crippen LogP contribution in [-0.4, -0.2) is 19.6 Å². The van der Waals surface area contributed by atoms with Crippen LogP contribution < -0.4 is 4.83 Å². The Morgan fingerprint density at radius 3 is 2.58 bits per heavy atom. The minimum Gasteiger partial charge on any atom is -0.258 e. The van der Waals surface area contributed by atoms with Crippen molar-refractivity contribution in [3.8, 4) is 0 Å². The molecule has 0 saturated carbocycles. The molecule has 0 heterocycles. The van der Waals surface area contributed by atoms with E-state index in [2.05, 4.69) is 9.93 Å². The number of nitrogens with zero attached hydrogens (tertiary/aromatic N) is 2. The van der Waals surface area contributed by atoms with E-state index in [9.17, 15) is 18.5 Å². The van der Waals surface area contributed by atoms with Gasteiger partial charge in [-0.05, 0) is 23.8 Å². The highest BCUT2D eigenvalue weighted by molar-refractivity contribution is 7.89. The normalized spacial score (nSPS) is 11.7. The Balaban J connectivity index is 1.87. The maximum absolute atomic E-state index is 12.3. The minimum atomic E-state index is -4.01. The third-order valence-electron chi connectivity index (χ3n) is 3.89. The molecule has 0 aromatic heterocycles. The number of nitrogens with one attached hydrogen (secondary N) is 1. The average molecular weight is 369 g/mol. The zero-order chi connectivity index (χ0) is 18.7. The first-order valence-corrected chi connectivity index (χ1v) is 9.14. The fourth-order valence-corrected chi connectivity index (χ4v) is 3.34. The monoisotopic (exact) mass is 369 g/mol. The van der Waals surface area contributed by atoms with Crippen LogP contribution in [0.5, 0.6) is 0 Å². The molecule has 0 saturated heterocycles. The summed E-state index contributed by atoms with van der Waals surface area (Å²) in [6.07, 6.45) is 1.41. The van der Waals surface area contributed by atoms with E-state index >= 15 is 0 Å². The second-order valence-electron chi connectivity index (χ2n) is 5.63. The number of hydrogen-bond donors (Lipinski definition) is 1. The van der Waals surface area contributed by atoms with Crippen LogP contribution in [0.3, 0.4) is 0 Å². The summed E-state index contributed by atoms with van der Waals surface area (Å²) in [5, 5.41) is 16.7. The van der Waals surface area contributed by atoms with Crippen LogP contribution in [0.2, 0.25) is 0 Å². The molecule has 0 aliphatic rings. The zero-order valence-electron chi connectivity index (χ0n) is 13.8. The van der Waals surface area contributed by atoms with Gasteiger partial charge in [-0.25, -0.2) is 4.83 Å². The summed E-state index contributed by atoms with van der Waals surface area (Å²) in [6.45, 7) is 1.54. The Morgan fingerprint density at radius 2 is 1.81 bits per heavy atom. The van der Waals surface area contributed by atoms with Crippen molar-refractivity contribution in [2.45, 2.75) is 11.8 Å². The summed E-state index contributed by atoms with van der Waals surface area (Å²) in [5.74, 6) is 0. The van der Waals surface area contributed by atoms with Crippen LogP contribution in [0.4, 0.5) is 5.69 Å². The molecule has 0 bridgehead atoms. The molecule has 0 spiro atoms. The molecule has 3 rings (SSSR count). The van der Waals surface area contributed by atoms with Crippen LogP contribution in [0.15, 0.2) is 70.7 Å².